The number of methoxy groups -OCH3 is 1. The SMILES string of the molecule is COc1ccccc1-c1cc(C(F)(F)F)nc(S(=O)(=O)CCCC(=O)Nc2cccc(O)c2)n1. The van der Waals surface area contributed by atoms with Gasteiger partial charge in [0.05, 0.1) is 18.6 Å². The number of ether oxygens (including phenoxy) is 1. The molecule has 2 N–H and O–H groups in total. The minimum absolute atomic E-state index is 0.0621. The maximum Gasteiger partial charge on any atom is 0.433 e. The van der Waals surface area contributed by atoms with Gasteiger partial charge in [-0.25, -0.2) is 18.4 Å². The lowest BCUT2D eigenvalue weighted by molar-refractivity contribution is -0.141. The zero-order chi connectivity index (χ0) is 24.9. The van der Waals surface area contributed by atoms with Crippen LogP contribution in [0.25, 0.3) is 11.3 Å². The highest BCUT2D eigenvalue weighted by Crippen LogP contribution is 2.34. The molecule has 0 saturated carbocycles. The second-order valence-electron chi connectivity index (χ2n) is 7.14. The summed E-state index contributed by atoms with van der Waals surface area (Å²) in [6, 6.07) is 12.5. The number of phenols is 1. The van der Waals surface area contributed by atoms with Crippen LogP contribution in [0.2, 0.25) is 0 Å². The standard InChI is InChI=1S/C22H20F3N3O5S/c1-33-18-9-3-2-8-16(18)17-13-19(22(23,24)25)28-21(27-17)34(31,32)11-5-10-20(30)26-14-6-4-7-15(29)12-14/h2-4,6-9,12-13,29H,5,10-11H2,1H3,(H,26,30). The van der Waals surface area contributed by atoms with Gasteiger partial charge in [0.1, 0.15) is 17.2 Å². The number of anilines is 1. The fraction of sp³-hybridized carbons (Fsp3) is 0.227. The molecule has 1 amide bonds. The number of sulfone groups is 1. The maximum absolute atomic E-state index is 13.4. The number of carbonyl (C=O) groups is 1. The minimum atomic E-state index is -4.91. The van der Waals surface area contributed by atoms with Crippen LogP contribution in [0.3, 0.4) is 0 Å². The van der Waals surface area contributed by atoms with Crippen molar-refractivity contribution in [1.82, 2.24) is 9.97 Å². The van der Waals surface area contributed by atoms with Crippen molar-refractivity contribution in [1.29, 1.82) is 0 Å². The smallest absolute Gasteiger partial charge is 0.433 e. The van der Waals surface area contributed by atoms with Crippen molar-refractivity contribution in [2.45, 2.75) is 24.2 Å². The second kappa shape index (κ2) is 10.1. The largest absolute Gasteiger partial charge is 0.508 e. The number of amides is 1. The van der Waals surface area contributed by atoms with Gasteiger partial charge in [-0.05, 0) is 36.8 Å². The van der Waals surface area contributed by atoms with Gasteiger partial charge in [-0.3, -0.25) is 4.79 Å². The van der Waals surface area contributed by atoms with Gasteiger partial charge >= 0.3 is 6.18 Å². The molecule has 34 heavy (non-hydrogen) atoms. The first-order valence-corrected chi connectivity index (χ1v) is 11.6. The van der Waals surface area contributed by atoms with E-state index in [1.807, 2.05) is 0 Å². The molecule has 8 nitrogen and oxygen atoms in total. The molecule has 12 heteroatoms. The van der Waals surface area contributed by atoms with E-state index in [1.165, 1.54) is 43.5 Å². The zero-order valence-corrected chi connectivity index (χ0v) is 18.7. The van der Waals surface area contributed by atoms with E-state index in [2.05, 4.69) is 15.3 Å². The highest BCUT2D eigenvalue weighted by Gasteiger charge is 2.35. The van der Waals surface area contributed by atoms with E-state index in [9.17, 15) is 31.5 Å². The van der Waals surface area contributed by atoms with Gasteiger partial charge in [0.2, 0.25) is 20.9 Å². The van der Waals surface area contributed by atoms with E-state index in [-0.39, 0.29) is 35.6 Å². The van der Waals surface area contributed by atoms with Crippen molar-refractivity contribution in [2.24, 2.45) is 0 Å². The van der Waals surface area contributed by atoms with Crippen molar-refractivity contribution < 1.29 is 36.2 Å². The molecule has 3 rings (SSSR count). The molecular formula is C22H20F3N3O5S. The number of aromatic hydroxyl groups is 1. The summed E-state index contributed by atoms with van der Waals surface area (Å²) in [5.41, 5.74) is -1.20. The molecule has 0 saturated heterocycles. The Morgan fingerprint density at radius 1 is 1.09 bits per heavy atom. The summed E-state index contributed by atoms with van der Waals surface area (Å²) in [6.45, 7) is 0. The number of carbonyl (C=O) groups excluding carboxylic acids is 1. The Bertz CT molecular complexity index is 1300. The van der Waals surface area contributed by atoms with Crippen LogP contribution in [-0.4, -0.2) is 42.3 Å². The molecule has 0 bridgehead atoms. The highest BCUT2D eigenvalue weighted by molar-refractivity contribution is 7.91. The molecular weight excluding hydrogens is 475 g/mol. The fourth-order valence-electron chi connectivity index (χ4n) is 3.02. The van der Waals surface area contributed by atoms with Crippen LogP contribution < -0.4 is 10.1 Å². The lowest BCUT2D eigenvalue weighted by Gasteiger charge is -2.13. The molecule has 2 aromatic carbocycles. The predicted octanol–water partition coefficient (Wildman–Crippen LogP) is 4.07. The van der Waals surface area contributed by atoms with E-state index in [1.54, 1.807) is 12.1 Å². The van der Waals surface area contributed by atoms with Gasteiger partial charge in [0.25, 0.3) is 0 Å². The number of para-hydroxylation sites is 1. The van der Waals surface area contributed by atoms with Crippen LogP contribution in [0.1, 0.15) is 18.5 Å². The number of halogens is 3. The Morgan fingerprint density at radius 2 is 1.82 bits per heavy atom. The van der Waals surface area contributed by atoms with Crippen LogP contribution in [0, 0.1) is 0 Å². The number of benzene rings is 2. The van der Waals surface area contributed by atoms with Crippen molar-refractivity contribution >= 4 is 21.4 Å². The summed E-state index contributed by atoms with van der Waals surface area (Å²) in [5, 5.41) is 10.9. The summed E-state index contributed by atoms with van der Waals surface area (Å²) < 4.78 is 71.0. The number of hydrogen-bond acceptors (Lipinski definition) is 7. The fourth-order valence-corrected chi connectivity index (χ4v) is 4.21. The number of alkyl halides is 3. The summed E-state index contributed by atoms with van der Waals surface area (Å²) in [5.74, 6) is -1.03. The summed E-state index contributed by atoms with van der Waals surface area (Å²) in [7, 11) is -3.03. The Kier molecular flexibility index (Phi) is 7.40. The average Bonchev–Trinajstić information content (AvgIpc) is 2.78. The Balaban J connectivity index is 1.82. The van der Waals surface area contributed by atoms with Crippen molar-refractivity contribution in [3.63, 3.8) is 0 Å². The average molecular weight is 495 g/mol. The quantitative estimate of drug-likeness (QED) is 0.452. The normalized spacial score (nSPS) is 11.8. The maximum atomic E-state index is 13.4. The first kappa shape index (κ1) is 25.0. The van der Waals surface area contributed by atoms with Gasteiger partial charge in [0, 0.05) is 23.7 Å². The topological polar surface area (TPSA) is 118 Å². The van der Waals surface area contributed by atoms with Crippen LogP contribution in [0.15, 0.2) is 59.8 Å². The van der Waals surface area contributed by atoms with E-state index >= 15 is 0 Å². The summed E-state index contributed by atoms with van der Waals surface area (Å²) >= 11 is 0. The lowest BCUT2D eigenvalue weighted by atomic mass is 10.1. The van der Waals surface area contributed by atoms with Crippen LogP contribution in [0.5, 0.6) is 11.5 Å². The first-order chi connectivity index (χ1) is 16.0. The number of nitrogens with one attached hydrogen (secondary N) is 1. The monoisotopic (exact) mass is 495 g/mol. The van der Waals surface area contributed by atoms with Gasteiger partial charge in [-0.2, -0.15) is 13.2 Å². The van der Waals surface area contributed by atoms with E-state index in [0.29, 0.717) is 11.8 Å². The lowest BCUT2D eigenvalue weighted by Crippen LogP contribution is -2.18. The molecule has 0 spiro atoms. The molecule has 0 radical (unpaired) electrons. The van der Waals surface area contributed by atoms with Crippen LogP contribution >= 0.6 is 0 Å². The minimum Gasteiger partial charge on any atom is -0.508 e. The van der Waals surface area contributed by atoms with E-state index < -0.39 is 38.5 Å². The predicted molar refractivity (Wildman–Crippen MR) is 117 cm³/mol. The first-order valence-electron chi connectivity index (χ1n) is 9.91. The van der Waals surface area contributed by atoms with Gasteiger partial charge < -0.3 is 15.2 Å². The van der Waals surface area contributed by atoms with Crippen molar-refractivity contribution in [3.05, 3.63) is 60.3 Å². The van der Waals surface area contributed by atoms with E-state index in [4.69, 9.17) is 4.74 Å². The highest BCUT2D eigenvalue weighted by atomic mass is 32.2. The molecule has 3 aromatic rings. The third-order valence-electron chi connectivity index (χ3n) is 4.60. The number of aromatic nitrogens is 2. The molecule has 1 aromatic heterocycles. The molecule has 0 atom stereocenters. The molecule has 1 heterocycles. The molecule has 0 aliphatic rings. The van der Waals surface area contributed by atoms with E-state index in [0.717, 1.165) is 0 Å². The molecule has 0 aliphatic carbocycles. The Hall–Kier alpha value is -3.67. The Morgan fingerprint density at radius 3 is 2.50 bits per heavy atom. The summed E-state index contributed by atoms with van der Waals surface area (Å²) in [4.78, 5) is 19.2. The zero-order valence-electron chi connectivity index (χ0n) is 17.8. The van der Waals surface area contributed by atoms with Crippen LogP contribution in [-0.2, 0) is 20.8 Å². The third kappa shape index (κ3) is 6.22. The second-order valence-corrected chi connectivity index (χ2v) is 9.14. The molecule has 180 valence electrons. The Labute approximate surface area is 193 Å². The van der Waals surface area contributed by atoms with Crippen molar-refractivity contribution in [2.75, 3.05) is 18.2 Å². The molecule has 0 fully saturated rings. The number of nitrogens with zero attached hydrogens (tertiary/aromatic N) is 2. The van der Waals surface area contributed by atoms with Gasteiger partial charge in [-0.15, -0.1) is 0 Å². The summed E-state index contributed by atoms with van der Waals surface area (Å²) in [6.07, 6.45) is -5.32. The van der Waals surface area contributed by atoms with Crippen LogP contribution in [0.4, 0.5) is 18.9 Å². The number of hydrogen-bond donors (Lipinski definition) is 2. The molecule has 0 unspecified atom stereocenters. The number of rotatable bonds is 8. The van der Waals surface area contributed by atoms with Gasteiger partial charge in [0.15, 0.2) is 0 Å². The number of phenolic OH excluding ortho intramolecular Hbond substituents is 1. The third-order valence-corrected chi connectivity index (χ3v) is 6.17. The van der Waals surface area contributed by atoms with Crippen molar-refractivity contribution in [3.8, 4) is 22.8 Å². The van der Waals surface area contributed by atoms with Gasteiger partial charge in [-0.1, -0.05) is 18.2 Å². The molecule has 0 aliphatic heterocycles.